The lowest BCUT2D eigenvalue weighted by Gasteiger charge is -2.07. The maximum atomic E-state index is 11.6. The predicted octanol–water partition coefficient (Wildman–Crippen LogP) is 0.300. The van der Waals surface area contributed by atoms with Gasteiger partial charge in [-0.15, -0.1) is 0 Å². The fraction of sp³-hybridized carbons (Fsp3) is 0.429. The monoisotopic (exact) mass is 295 g/mol. The quantitative estimate of drug-likeness (QED) is 0.668. The molecule has 0 aromatic heterocycles. The van der Waals surface area contributed by atoms with E-state index >= 15 is 0 Å². The van der Waals surface area contributed by atoms with Crippen molar-refractivity contribution in [1.29, 1.82) is 0 Å². The van der Waals surface area contributed by atoms with Gasteiger partial charge in [0.05, 0.1) is 0 Å². The lowest BCUT2D eigenvalue weighted by molar-refractivity contribution is -0.147. The fourth-order valence-corrected chi connectivity index (χ4v) is 1.91. The van der Waals surface area contributed by atoms with Crippen molar-refractivity contribution in [2.24, 2.45) is 0 Å². The Hall–Kier alpha value is -2.28. The summed E-state index contributed by atoms with van der Waals surface area (Å²) in [6.45, 7) is 0.346. The third-order valence-electron chi connectivity index (χ3n) is 3.10. The van der Waals surface area contributed by atoms with Gasteiger partial charge in [0, 0.05) is 19.4 Å². The summed E-state index contributed by atoms with van der Waals surface area (Å²) in [7, 11) is 0. The molecule has 7 nitrogen and oxygen atoms in total. The number of fused-ring (bicyclic) bond motifs is 1. The van der Waals surface area contributed by atoms with E-state index in [-0.39, 0.29) is 32.1 Å². The van der Waals surface area contributed by atoms with E-state index in [0.717, 1.165) is 5.56 Å². The minimum Gasteiger partial charge on any atom is -0.479 e. The molecular weight excluding hydrogens is 278 g/mol. The number of carbonyl (C=O) groups is 2. The Morgan fingerprint density at radius 1 is 1.29 bits per heavy atom. The highest BCUT2D eigenvalue weighted by Gasteiger charge is 2.14. The molecular formula is C14H17NO6. The zero-order valence-electron chi connectivity index (χ0n) is 11.4. The summed E-state index contributed by atoms with van der Waals surface area (Å²) in [5.74, 6) is -0.0989. The van der Waals surface area contributed by atoms with Gasteiger partial charge in [-0.2, -0.15) is 0 Å². The van der Waals surface area contributed by atoms with Gasteiger partial charge in [-0.25, -0.2) is 4.79 Å². The van der Waals surface area contributed by atoms with E-state index < -0.39 is 12.1 Å². The number of carboxylic acid groups (broad SMARTS) is 1. The number of amides is 1. The molecule has 1 aromatic rings. The lowest BCUT2D eigenvalue weighted by atomic mass is 10.1. The average molecular weight is 295 g/mol. The van der Waals surface area contributed by atoms with Gasteiger partial charge in [0.2, 0.25) is 12.7 Å². The minimum atomic E-state index is -1.45. The van der Waals surface area contributed by atoms with Crippen LogP contribution >= 0.6 is 0 Å². The topological polar surface area (TPSA) is 105 Å². The van der Waals surface area contributed by atoms with Gasteiger partial charge in [-0.1, -0.05) is 6.07 Å². The Bertz CT molecular complexity index is 530. The molecule has 0 saturated heterocycles. The van der Waals surface area contributed by atoms with E-state index in [1.54, 1.807) is 6.07 Å². The number of ether oxygens (including phenoxy) is 2. The van der Waals surface area contributed by atoms with Crippen LogP contribution in [0.2, 0.25) is 0 Å². The summed E-state index contributed by atoms with van der Waals surface area (Å²) in [6, 6.07) is 5.51. The predicted molar refractivity (Wildman–Crippen MR) is 72.2 cm³/mol. The van der Waals surface area contributed by atoms with E-state index in [2.05, 4.69) is 5.32 Å². The highest BCUT2D eigenvalue weighted by molar-refractivity contribution is 5.76. The number of aryl methyl sites for hydroxylation is 1. The molecule has 0 bridgehead atoms. The van der Waals surface area contributed by atoms with Gasteiger partial charge in [0.25, 0.3) is 0 Å². The molecule has 1 atom stereocenters. The lowest BCUT2D eigenvalue weighted by Crippen LogP contribution is -2.30. The molecule has 0 fully saturated rings. The van der Waals surface area contributed by atoms with Crippen LogP contribution in [0.1, 0.15) is 18.4 Å². The molecule has 1 aliphatic heterocycles. The second kappa shape index (κ2) is 6.94. The number of carbonyl (C=O) groups excluding carboxylic acids is 1. The first kappa shape index (κ1) is 15.1. The van der Waals surface area contributed by atoms with Crippen molar-refractivity contribution in [3.8, 4) is 11.5 Å². The molecule has 0 saturated carbocycles. The summed E-state index contributed by atoms with van der Waals surface area (Å²) in [6.07, 6.45) is -0.628. The van der Waals surface area contributed by atoms with Crippen LogP contribution < -0.4 is 14.8 Å². The van der Waals surface area contributed by atoms with Crippen LogP contribution in [0.25, 0.3) is 0 Å². The first-order valence-electron chi connectivity index (χ1n) is 6.62. The van der Waals surface area contributed by atoms with E-state index in [1.807, 2.05) is 12.1 Å². The van der Waals surface area contributed by atoms with Crippen molar-refractivity contribution >= 4 is 11.9 Å². The molecule has 2 rings (SSSR count). The molecule has 0 spiro atoms. The van der Waals surface area contributed by atoms with Crippen molar-refractivity contribution in [1.82, 2.24) is 5.32 Å². The number of aliphatic hydroxyl groups is 1. The molecule has 1 unspecified atom stereocenters. The van der Waals surface area contributed by atoms with Crippen molar-refractivity contribution in [2.75, 3.05) is 13.3 Å². The van der Waals surface area contributed by atoms with E-state index in [0.29, 0.717) is 17.9 Å². The molecule has 1 heterocycles. The zero-order chi connectivity index (χ0) is 15.2. The third kappa shape index (κ3) is 4.35. The Morgan fingerprint density at radius 3 is 2.81 bits per heavy atom. The molecule has 114 valence electrons. The van der Waals surface area contributed by atoms with Gasteiger partial charge in [-0.3, -0.25) is 4.79 Å². The first-order valence-corrected chi connectivity index (χ1v) is 6.62. The Labute approximate surface area is 121 Å². The minimum absolute atomic E-state index is 0.00883. The number of hydrogen-bond donors (Lipinski definition) is 3. The summed E-state index contributed by atoms with van der Waals surface area (Å²) in [5, 5.41) is 20.1. The van der Waals surface area contributed by atoms with Gasteiger partial charge >= 0.3 is 5.97 Å². The molecule has 1 amide bonds. The van der Waals surface area contributed by atoms with Crippen molar-refractivity contribution in [3.63, 3.8) is 0 Å². The van der Waals surface area contributed by atoms with Crippen LogP contribution in [0.5, 0.6) is 11.5 Å². The highest BCUT2D eigenvalue weighted by atomic mass is 16.7. The number of aliphatic carboxylic acids is 1. The normalized spacial score (nSPS) is 13.8. The van der Waals surface area contributed by atoms with Crippen molar-refractivity contribution < 1.29 is 29.3 Å². The summed E-state index contributed by atoms with van der Waals surface area (Å²) in [4.78, 5) is 22.0. The number of aliphatic hydroxyl groups excluding tert-OH is 1. The number of benzene rings is 1. The second-order valence-corrected chi connectivity index (χ2v) is 4.68. The number of carboxylic acids is 1. The molecule has 0 radical (unpaired) electrons. The van der Waals surface area contributed by atoms with Gasteiger partial charge < -0.3 is 25.0 Å². The van der Waals surface area contributed by atoms with Crippen LogP contribution in [0.3, 0.4) is 0 Å². The number of rotatable bonds is 7. The van der Waals surface area contributed by atoms with Gasteiger partial charge in [0.1, 0.15) is 0 Å². The SMILES string of the molecule is O=C(CCc1ccc2c(c1)OCO2)NCCC(O)C(=O)O. The van der Waals surface area contributed by atoms with E-state index in [9.17, 15) is 9.59 Å². The Morgan fingerprint density at radius 2 is 2.05 bits per heavy atom. The maximum Gasteiger partial charge on any atom is 0.332 e. The van der Waals surface area contributed by atoms with Crippen LogP contribution in [0.4, 0.5) is 0 Å². The third-order valence-corrected chi connectivity index (χ3v) is 3.10. The molecule has 7 heteroatoms. The van der Waals surface area contributed by atoms with E-state index in [1.165, 1.54) is 0 Å². The standard InChI is InChI=1S/C14H17NO6/c16-10(14(18)19)5-6-15-13(17)4-2-9-1-3-11-12(7-9)21-8-20-11/h1,3,7,10,16H,2,4-6,8H2,(H,15,17)(H,18,19). The average Bonchev–Trinajstić information content (AvgIpc) is 2.92. The highest BCUT2D eigenvalue weighted by Crippen LogP contribution is 2.32. The van der Waals surface area contributed by atoms with Crippen LogP contribution in [0, 0.1) is 0 Å². The number of nitrogens with one attached hydrogen (secondary N) is 1. The van der Waals surface area contributed by atoms with Crippen LogP contribution in [0.15, 0.2) is 18.2 Å². The van der Waals surface area contributed by atoms with Gasteiger partial charge in [-0.05, 0) is 24.1 Å². The maximum absolute atomic E-state index is 11.6. The van der Waals surface area contributed by atoms with Crippen molar-refractivity contribution in [2.45, 2.75) is 25.4 Å². The number of hydrogen-bond acceptors (Lipinski definition) is 5. The summed E-state index contributed by atoms with van der Waals surface area (Å²) >= 11 is 0. The van der Waals surface area contributed by atoms with Crippen molar-refractivity contribution in [3.05, 3.63) is 23.8 Å². The van der Waals surface area contributed by atoms with Gasteiger partial charge in [0.15, 0.2) is 17.6 Å². The van der Waals surface area contributed by atoms with E-state index in [4.69, 9.17) is 19.7 Å². The van der Waals surface area contributed by atoms with Crippen LogP contribution in [-0.4, -0.2) is 41.5 Å². The fourth-order valence-electron chi connectivity index (χ4n) is 1.91. The van der Waals surface area contributed by atoms with Crippen LogP contribution in [-0.2, 0) is 16.0 Å². The summed E-state index contributed by atoms with van der Waals surface area (Å²) < 4.78 is 10.5. The Balaban J connectivity index is 1.70. The molecule has 3 N–H and O–H groups in total. The molecule has 1 aliphatic rings. The molecule has 21 heavy (non-hydrogen) atoms. The zero-order valence-corrected chi connectivity index (χ0v) is 11.4. The largest absolute Gasteiger partial charge is 0.479 e. The first-order chi connectivity index (χ1) is 10.1. The Kier molecular flexibility index (Phi) is 4.99. The summed E-state index contributed by atoms with van der Waals surface area (Å²) in [5.41, 5.74) is 0.958. The molecule has 1 aromatic carbocycles. The smallest absolute Gasteiger partial charge is 0.332 e. The molecule has 0 aliphatic carbocycles. The second-order valence-electron chi connectivity index (χ2n) is 4.68.